The van der Waals surface area contributed by atoms with Gasteiger partial charge in [-0.2, -0.15) is 0 Å². The Morgan fingerprint density at radius 3 is 2.25 bits per heavy atom. The molecule has 1 rings (SSSR count). The molecular formula is C13H19NO2. The van der Waals surface area contributed by atoms with Gasteiger partial charge >= 0.3 is 5.97 Å². The van der Waals surface area contributed by atoms with E-state index >= 15 is 0 Å². The molecule has 1 aromatic carbocycles. The first-order valence-corrected chi connectivity index (χ1v) is 5.56. The Labute approximate surface area is 96.5 Å². The van der Waals surface area contributed by atoms with Crippen LogP contribution in [0.15, 0.2) is 30.3 Å². The summed E-state index contributed by atoms with van der Waals surface area (Å²) in [5, 5.41) is 12.2. The Morgan fingerprint density at radius 2 is 1.75 bits per heavy atom. The number of hydrogen-bond donors (Lipinski definition) is 2. The second-order valence-corrected chi connectivity index (χ2v) is 4.21. The first kappa shape index (κ1) is 12.7. The topological polar surface area (TPSA) is 49.3 Å². The molecule has 0 saturated carbocycles. The normalized spacial score (nSPS) is 16.4. The van der Waals surface area contributed by atoms with Crippen LogP contribution >= 0.6 is 0 Å². The maximum absolute atomic E-state index is 10.8. The van der Waals surface area contributed by atoms with E-state index in [0.29, 0.717) is 0 Å². The fraction of sp³-hybridized carbons (Fsp3) is 0.462. The Kier molecular flexibility index (Phi) is 4.50. The van der Waals surface area contributed by atoms with Gasteiger partial charge in [-0.05, 0) is 19.4 Å². The summed E-state index contributed by atoms with van der Waals surface area (Å²) in [5.41, 5.74) is 1.17. The molecule has 0 fully saturated rings. The first-order valence-electron chi connectivity index (χ1n) is 5.56. The van der Waals surface area contributed by atoms with Crippen LogP contribution in [0, 0.1) is 5.92 Å². The summed E-state index contributed by atoms with van der Waals surface area (Å²) >= 11 is 0. The van der Waals surface area contributed by atoms with Crippen LogP contribution in [0.3, 0.4) is 0 Å². The third-order valence-corrected chi connectivity index (χ3v) is 2.95. The molecule has 1 aromatic rings. The van der Waals surface area contributed by atoms with Crippen molar-refractivity contribution in [2.24, 2.45) is 5.92 Å². The van der Waals surface area contributed by atoms with Gasteiger partial charge in [-0.1, -0.05) is 37.3 Å². The quantitative estimate of drug-likeness (QED) is 0.803. The van der Waals surface area contributed by atoms with Crippen LogP contribution in [0.4, 0.5) is 0 Å². The van der Waals surface area contributed by atoms with Crippen molar-refractivity contribution in [2.45, 2.75) is 32.9 Å². The molecule has 0 spiro atoms. The molecule has 0 heterocycles. The highest BCUT2D eigenvalue weighted by Crippen LogP contribution is 2.14. The van der Waals surface area contributed by atoms with Crippen molar-refractivity contribution in [1.29, 1.82) is 0 Å². The molecule has 0 saturated heterocycles. The number of benzene rings is 1. The number of aliphatic carboxylic acids is 1. The molecule has 0 aliphatic carbocycles. The maximum Gasteiger partial charge on any atom is 0.307 e. The molecule has 2 N–H and O–H groups in total. The molecule has 3 nitrogen and oxygen atoms in total. The van der Waals surface area contributed by atoms with Gasteiger partial charge in [0.2, 0.25) is 0 Å². The van der Waals surface area contributed by atoms with E-state index in [1.807, 2.05) is 44.2 Å². The van der Waals surface area contributed by atoms with E-state index in [-0.39, 0.29) is 18.0 Å². The van der Waals surface area contributed by atoms with Crippen LogP contribution in [0.1, 0.15) is 32.4 Å². The first-order chi connectivity index (χ1) is 7.52. The molecule has 0 bridgehead atoms. The van der Waals surface area contributed by atoms with Crippen LogP contribution in [0.25, 0.3) is 0 Å². The van der Waals surface area contributed by atoms with Gasteiger partial charge in [0, 0.05) is 12.1 Å². The zero-order chi connectivity index (χ0) is 12.1. The molecule has 0 radical (unpaired) electrons. The maximum atomic E-state index is 10.8. The zero-order valence-electron chi connectivity index (χ0n) is 9.97. The van der Waals surface area contributed by atoms with Gasteiger partial charge < -0.3 is 10.4 Å². The van der Waals surface area contributed by atoms with Gasteiger partial charge in [-0.3, -0.25) is 4.79 Å². The predicted molar refractivity (Wildman–Crippen MR) is 64.3 cm³/mol. The highest BCUT2D eigenvalue weighted by molar-refractivity contribution is 5.70. The Bertz CT molecular complexity index is 337. The van der Waals surface area contributed by atoms with Gasteiger partial charge in [-0.15, -0.1) is 0 Å². The Hall–Kier alpha value is -1.35. The van der Waals surface area contributed by atoms with E-state index in [1.165, 1.54) is 5.56 Å². The van der Waals surface area contributed by atoms with Crippen LogP contribution in [0.2, 0.25) is 0 Å². The van der Waals surface area contributed by atoms with E-state index in [1.54, 1.807) is 6.92 Å². The molecule has 3 heteroatoms. The molecule has 0 amide bonds. The Morgan fingerprint density at radius 1 is 1.19 bits per heavy atom. The fourth-order valence-electron chi connectivity index (χ4n) is 1.59. The highest BCUT2D eigenvalue weighted by atomic mass is 16.4. The van der Waals surface area contributed by atoms with Gasteiger partial charge in [0.05, 0.1) is 5.92 Å². The number of carboxylic acids is 1. The van der Waals surface area contributed by atoms with Crippen molar-refractivity contribution in [3.05, 3.63) is 35.9 Å². The molecule has 0 aromatic heterocycles. The molecule has 16 heavy (non-hydrogen) atoms. The van der Waals surface area contributed by atoms with Gasteiger partial charge in [0.1, 0.15) is 0 Å². The second kappa shape index (κ2) is 5.66. The van der Waals surface area contributed by atoms with E-state index in [4.69, 9.17) is 5.11 Å². The summed E-state index contributed by atoms with van der Waals surface area (Å²) in [6, 6.07) is 10.1. The minimum atomic E-state index is -0.764. The molecule has 3 atom stereocenters. The molecule has 0 aliphatic heterocycles. The average Bonchev–Trinajstić information content (AvgIpc) is 2.28. The lowest BCUT2D eigenvalue weighted by atomic mass is 10.0. The summed E-state index contributed by atoms with van der Waals surface area (Å²) in [4.78, 5) is 10.8. The lowest BCUT2D eigenvalue weighted by Gasteiger charge is -2.23. The third-order valence-electron chi connectivity index (χ3n) is 2.95. The minimum Gasteiger partial charge on any atom is -0.481 e. The smallest absolute Gasteiger partial charge is 0.307 e. The summed E-state index contributed by atoms with van der Waals surface area (Å²) in [6.07, 6.45) is 0. The van der Waals surface area contributed by atoms with Crippen LogP contribution < -0.4 is 5.32 Å². The number of carboxylic acid groups (broad SMARTS) is 1. The molecular weight excluding hydrogens is 202 g/mol. The average molecular weight is 221 g/mol. The summed E-state index contributed by atoms with van der Waals surface area (Å²) in [7, 11) is 0. The van der Waals surface area contributed by atoms with E-state index < -0.39 is 5.97 Å². The second-order valence-electron chi connectivity index (χ2n) is 4.21. The third kappa shape index (κ3) is 3.35. The number of rotatable bonds is 5. The van der Waals surface area contributed by atoms with Crippen molar-refractivity contribution in [3.63, 3.8) is 0 Å². The molecule has 88 valence electrons. The molecule has 0 aliphatic rings. The van der Waals surface area contributed by atoms with Crippen molar-refractivity contribution in [1.82, 2.24) is 5.32 Å². The lowest BCUT2D eigenvalue weighted by molar-refractivity contribution is -0.142. The predicted octanol–water partition coefficient (Wildman–Crippen LogP) is 2.45. The van der Waals surface area contributed by atoms with E-state index in [0.717, 1.165) is 0 Å². The summed E-state index contributed by atoms with van der Waals surface area (Å²) in [6.45, 7) is 5.66. The Balaban J connectivity index is 2.58. The molecule has 1 unspecified atom stereocenters. The van der Waals surface area contributed by atoms with Crippen molar-refractivity contribution < 1.29 is 9.90 Å². The monoisotopic (exact) mass is 221 g/mol. The summed E-state index contributed by atoms with van der Waals surface area (Å²) < 4.78 is 0. The minimum absolute atomic E-state index is 0.0484. The summed E-state index contributed by atoms with van der Waals surface area (Å²) in [5.74, 6) is -1.15. The number of hydrogen-bond acceptors (Lipinski definition) is 2. The van der Waals surface area contributed by atoms with Crippen LogP contribution in [0.5, 0.6) is 0 Å². The van der Waals surface area contributed by atoms with E-state index in [9.17, 15) is 4.79 Å². The van der Waals surface area contributed by atoms with Gasteiger partial charge in [-0.25, -0.2) is 0 Å². The van der Waals surface area contributed by atoms with Crippen LogP contribution in [-0.4, -0.2) is 17.1 Å². The number of nitrogens with one attached hydrogen (secondary N) is 1. The highest BCUT2D eigenvalue weighted by Gasteiger charge is 2.20. The van der Waals surface area contributed by atoms with Gasteiger partial charge in [0.25, 0.3) is 0 Å². The van der Waals surface area contributed by atoms with Crippen molar-refractivity contribution >= 4 is 5.97 Å². The van der Waals surface area contributed by atoms with E-state index in [2.05, 4.69) is 5.32 Å². The zero-order valence-corrected chi connectivity index (χ0v) is 9.97. The standard InChI is InChI=1S/C13H19NO2/c1-9(13(15)16)10(2)14-11(3)12-7-5-4-6-8-12/h4-11,14H,1-3H3,(H,15,16)/t9-,10-,11?/m0/s1. The fourth-order valence-corrected chi connectivity index (χ4v) is 1.59. The SMILES string of the molecule is CC(N[C@@H](C)[C@H](C)C(=O)O)c1ccccc1. The lowest BCUT2D eigenvalue weighted by Crippen LogP contribution is -2.37. The van der Waals surface area contributed by atoms with Gasteiger partial charge in [0.15, 0.2) is 0 Å². The van der Waals surface area contributed by atoms with Crippen molar-refractivity contribution in [2.75, 3.05) is 0 Å². The largest absolute Gasteiger partial charge is 0.481 e. The van der Waals surface area contributed by atoms with Crippen molar-refractivity contribution in [3.8, 4) is 0 Å². The van der Waals surface area contributed by atoms with Crippen LogP contribution in [-0.2, 0) is 4.79 Å². The number of carbonyl (C=O) groups is 1.